The molecule has 12 heteroatoms. The van der Waals surface area contributed by atoms with Crippen molar-refractivity contribution in [1.82, 2.24) is 5.32 Å². The fourth-order valence-corrected chi connectivity index (χ4v) is 2.46. The zero-order chi connectivity index (χ0) is 17.1. The number of hydrogen-bond donors (Lipinski definition) is 5. The number of ether oxygens (including phenoxy) is 2. The smallest absolute Gasteiger partial charge is 0.457 e. The zero-order valence-electron chi connectivity index (χ0n) is 11.8. The molecule has 0 bridgehead atoms. The first-order chi connectivity index (χ1) is 10.0. The van der Waals surface area contributed by atoms with Crippen LogP contribution in [0.5, 0.6) is 0 Å². The van der Waals surface area contributed by atoms with E-state index in [-0.39, 0.29) is 0 Å². The molecular weight excluding hydrogens is 325 g/mol. The summed E-state index contributed by atoms with van der Waals surface area (Å²) in [6, 6.07) is -1.38. The highest BCUT2D eigenvalue weighted by Gasteiger charge is 2.49. The molecule has 11 nitrogen and oxygen atoms in total. The Hall–Kier alpha value is -1.07. The molecule has 0 aromatic carbocycles. The van der Waals surface area contributed by atoms with Gasteiger partial charge < -0.3 is 34.8 Å². The first-order valence-corrected chi connectivity index (χ1v) is 7.71. The predicted molar refractivity (Wildman–Crippen MR) is 68.0 cm³/mol. The lowest BCUT2D eigenvalue weighted by molar-refractivity contribution is -0.253. The average molecular weight is 343 g/mol. The van der Waals surface area contributed by atoms with Crippen molar-refractivity contribution < 1.29 is 48.2 Å². The van der Waals surface area contributed by atoms with Gasteiger partial charge in [0.15, 0.2) is 12.4 Å². The summed E-state index contributed by atoms with van der Waals surface area (Å²) < 4.78 is 25.3. The molecule has 1 heterocycles. The third kappa shape index (κ3) is 5.29. The molecule has 0 spiro atoms. The van der Waals surface area contributed by atoms with Gasteiger partial charge in [-0.05, 0) is 0 Å². The van der Waals surface area contributed by atoms with Crippen LogP contribution in [-0.2, 0) is 28.2 Å². The van der Waals surface area contributed by atoms with E-state index in [0.717, 1.165) is 13.8 Å². The van der Waals surface area contributed by atoms with Crippen molar-refractivity contribution in [1.29, 1.82) is 0 Å². The van der Waals surface area contributed by atoms with Crippen LogP contribution in [0.15, 0.2) is 0 Å². The highest BCUT2D eigenvalue weighted by Crippen LogP contribution is 2.41. The molecule has 1 rings (SSSR count). The van der Waals surface area contributed by atoms with Crippen molar-refractivity contribution in [2.24, 2.45) is 0 Å². The van der Waals surface area contributed by atoms with Crippen molar-refractivity contribution in [3.63, 3.8) is 0 Å². The molecule has 1 saturated heterocycles. The molecule has 5 N–H and O–H groups in total. The molecule has 1 amide bonds. The first-order valence-electron chi connectivity index (χ1n) is 6.18. The summed E-state index contributed by atoms with van der Waals surface area (Å²) in [6.45, 7) is 1.41. The summed E-state index contributed by atoms with van der Waals surface area (Å²) in [5, 5.41) is 21.4. The maximum Gasteiger partial charge on any atom is 0.472 e. The van der Waals surface area contributed by atoms with Crippen LogP contribution in [0.1, 0.15) is 13.8 Å². The second kappa shape index (κ2) is 7.47. The van der Waals surface area contributed by atoms with E-state index >= 15 is 0 Å². The number of hydrogen-bond acceptors (Lipinski definition) is 8. The SMILES string of the molecule is CC(=O)N[C@H]1[C@@H](OP(=O)(O)O)O[C@H](CO)[C@@H](O)[C@@H]1OC(C)=O. The molecule has 1 aliphatic heterocycles. The van der Waals surface area contributed by atoms with E-state index < -0.39 is 56.9 Å². The van der Waals surface area contributed by atoms with Crippen molar-refractivity contribution in [3.05, 3.63) is 0 Å². The van der Waals surface area contributed by atoms with Crippen LogP contribution >= 0.6 is 7.82 Å². The Bertz CT molecular complexity index is 465. The average Bonchev–Trinajstić information content (AvgIpc) is 2.34. The molecule has 0 radical (unpaired) electrons. The highest BCUT2D eigenvalue weighted by molar-refractivity contribution is 7.46. The van der Waals surface area contributed by atoms with Gasteiger partial charge in [0, 0.05) is 13.8 Å². The van der Waals surface area contributed by atoms with Gasteiger partial charge in [0.2, 0.25) is 5.91 Å². The third-order valence-electron chi connectivity index (χ3n) is 2.77. The van der Waals surface area contributed by atoms with Crippen molar-refractivity contribution >= 4 is 19.7 Å². The number of carbonyl (C=O) groups is 2. The Balaban J connectivity index is 3.11. The number of aliphatic hydroxyl groups excluding tert-OH is 2. The fourth-order valence-electron chi connectivity index (χ4n) is 2.01. The number of aliphatic hydroxyl groups is 2. The van der Waals surface area contributed by atoms with E-state index in [2.05, 4.69) is 9.84 Å². The lowest BCUT2D eigenvalue weighted by atomic mass is 9.96. The topological polar surface area (TPSA) is 172 Å². The van der Waals surface area contributed by atoms with Crippen molar-refractivity contribution in [3.8, 4) is 0 Å². The molecular formula is C10H18NO10P. The van der Waals surface area contributed by atoms with Crippen LogP contribution in [-0.4, -0.2) is 69.1 Å². The molecule has 0 saturated carbocycles. The van der Waals surface area contributed by atoms with Gasteiger partial charge in [0.05, 0.1) is 6.61 Å². The molecule has 5 atom stereocenters. The van der Waals surface area contributed by atoms with E-state index in [1.54, 1.807) is 0 Å². The number of esters is 1. The first kappa shape index (κ1) is 19.0. The summed E-state index contributed by atoms with van der Waals surface area (Å²) >= 11 is 0. The fraction of sp³-hybridized carbons (Fsp3) is 0.800. The van der Waals surface area contributed by atoms with E-state index in [4.69, 9.17) is 24.4 Å². The Morgan fingerprint density at radius 1 is 1.32 bits per heavy atom. The van der Waals surface area contributed by atoms with Crippen LogP contribution in [0.25, 0.3) is 0 Å². The number of nitrogens with one attached hydrogen (secondary N) is 1. The number of phosphoric acid groups is 1. The Kier molecular flexibility index (Phi) is 6.44. The van der Waals surface area contributed by atoms with E-state index in [1.807, 2.05) is 0 Å². The van der Waals surface area contributed by atoms with Gasteiger partial charge in [0.25, 0.3) is 0 Å². The number of carbonyl (C=O) groups excluding carboxylic acids is 2. The maximum atomic E-state index is 11.2. The third-order valence-corrected chi connectivity index (χ3v) is 3.25. The highest BCUT2D eigenvalue weighted by atomic mass is 31.2. The van der Waals surface area contributed by atoms with Crippen molar-refractivity contribution in [2.45, 2.75) is 44.5 Å². The molecule has 22 heavy (non-hydrogen) atoms. The molecule has 1 aliphatic rings. The molecule has 0 aliphatic carbocycles. The molecule has 0 aromatic heterocycles. The molecule has 1 fully saturated rings. The predicted octanol–water partition coefficient (Wildman–Crippen LogP) is -2.39. The summed E-state index contributed by atoms with van der Waals surface area (Å²) in [5.74, 6) is -1.45. The van der Waals surface area contributed by atoms with Gasteiger partial charge in [-0.2, -0.15) is 0 Å². The van der Waals surface area contributed by atoms with E-state index in [0.29, 0.717) is 0 Å². The number of phosphoric ester groups is 1. The molecule has 0 aromatic rings. The van der Waals surface area contributed by atoms with Crippen molar-refractivity contribution in [2.75, 3.05) is 6.61 Å². The van der Waals surface area contributed by atoms with Crippen LogP contribution in [0.4, 0.5) is 0 Å². The standard InChI is InChI=1S/C10H18NO10P/c1-4(13)11-7-9(19-5(2)14)8(15)6(3-12)20-10(7)21-22(16,17)18/h6-10,12,15H,3H2,1-2H3,(H,11,13)(H2,16,17,18)/t6-,7-,8-,9-,10-/m1/s1. The minimum absolute atomic E-state index is 0.639. The van der Waals surface area contributed by atoms with Gasteiger partial charge in [-0.1, -0.05) is 0 Å². The summed E-state index contributed by atoms with van der Waals surface area (Å²) in [6.07, 6.45) is -6.04. The Morgan fingerprint density at radius 3 is 2.32 bits per heavy atom. The normalized spacial score (nSPS) is 32.4. The Labute approximate surface area is 125 Å². The van der Waals surface area contributed by atoms with Gasteiger partial charge in [-0.25, -0.2) is 4.57 Å². The second-order valence-electron chi connectivity index (χ2n) is 4.61. The Morgan fingerprint density at radius 2 is 1.91 bits per heavy atom. The maximum absolute atomic E-state index is 11.2. The lowest BCUT2D eigenvalue weighted by Crippen LogP contribution is -2.65. The summed E-state index contributed by atoms with van der Waals surface area (Å²) in [7, 11) is -5.01. The van der Waals surface area contributed by atoms with Crippen LogP contribution in [0.2, 0.25) is 0 Å². The molecule has 128 valence electrons. The number of amides is 1. The van der Waals surface area contributed by atoms with Gasteiger partial charge in [-0.3, -0.25) is 14.1 Å². The van der Waals surface area contributed by atoms with Gasteiger partial charge >= 0.3 is 13.8 Å². The zero-order valence-corrected chi connectivity index (χ0v) is 12.7. The molecule has 0 unspecified atom stereocenters. The minimum Gasteiger partial charge on any atom is -0.457 e. The van der Waals surface area contributed by atoms with Crippen LogP contribution in [0.3, 0.4) is 0 Å². The second-order valence-corrected chi connectivity index (χ2v) is 5.80. The minimum atomic E-state index is -5.01. The summed E-state index contributed by atoms with van der Waals surface area (Å²) in [4.78, 5) is 40.1. The number of rotatable bonds is 5. The quantitative estimate of drug-likeness (QED) is 0.268. The van der Waals surface area contributed by atoms with Gasteiger partial charge in [0.1, 0.15) is 18.2 Å². The van der Waals surface area contributed by atoms with Crippen LogP contribution < -0.4 is 5.32 Å². The van der Waals surface area contributed by atoms with Gasteiger partial charge in [-0.15, -0.1) is 0 Å². The monoisotopic (exact) mass is 343 g/mol. The van der Waals surface area contributed by atoms with E-state index in [1.165, 1.54) is 0 Å². The largest absolute Gasteiger partial charge is 0.472 e. The van der Waals surface area contributed by atoms with E-state index in [9.17, 15) is 19.3 Å². The lowest BCUT2D eigenvalue weighted by Gasteiger charge is -2.43. The van der Waals surface area contributed by atoms with Crippen LogP contribution in [0, 0.1) is 0 Å². The summed E-state index contributed by atoms with van der Waals surface area (Å²) in [5.41, 5.74) is 0.